The van der Waals surface area contributed by atoms with E-state index >= 15 is 0 Å². The van der Waals surface area contributed by atoms with Gasteiger partial charge in [-0.25, -0.2) is 9.59 Å². The van der Waals surface area contributed by atoms with Gasteiger partial charge in [0.05, 0.1) is 18.8 Å². The molecule has 0 unspecified atom stereocenters. The zero-order valence-electron chi connectivity index (χ0n) is 21.8. The molecule has 35 heavy (non-hydrogen) atoms. The fourth-order valence-corrected chi connectivity index (χ4v) is 6.09. The highest BCUT2D eigenvalue weighted by atomic mass is 16.6. The number of allylic oxidation sites excluding steroid dienone is 1. The van der Waals surface area contributed by atoms with Crippen LogP contribution in [-0.4, -0.2) is 50.2 Å². The number of hydrogen-bond donors (Lipinski definition) is 1. The number of epoxide rings is 1. The molecule has 7 heteroatoms. The molecule has 7 nitrogen and oxygen atoms in total. The number of carbonyl (C=O) groups is 2. The summed E-state index contributed by atoms with van der Waals surface area (Å²) in [5.41, 5.74) is 2.81. The largest absolute Gasteiger partial charge is 0.467 e. The number of methoxy groups -OCH3 is 2. The summed E-state index contributed by atoms with van der Waals surface area (Å²) >= 11 is 0. The minimum Gasteiger partial charge on any atom is -0.467 e. The van der Waals surface area contributed by atoms with E-state index < -0.39 is 24.2 Å². The highest BCUT2D eigenvalue weighted by molar-refractivity contribution is 5.82. The van der Waals surface area contributed by atoms with Crippen LogP contribution < -0.4 is 5.32 Å². The third-order valence-electron chi connectivity index (χ3n) is 8.11. The minimum atomic E-state index is -0.944. The van der Waals surface area contributed by atoms with Crippen molar-refractivity contribution in [2.45, 2.75) is 89.8 Å². The van der Waals surface area contributed by atoms with Crippen molar-refractivity contribution >= 4 is 12.1 Å². The Morgan fingerprint density at radius 2 is 1.97 bits per heavy atom. The molecule has 1 amide bonds. The quantitative estimate of drug-likeness (QED) is 0.316. The molecule has 1 heterocycles. The van der Waals surface area contributed by atoms with Gasteiger partial charge < -0.3 is 24.3 Å². The molecule has 1 aliphatic heterocycles. The second kappa shape index (κ2) is 9.94. The van der Waals surface area contributed by atoms with Gasteiger partial charge in [-0.05, 0) is 70.8 Å². The molecule has 192 valence electrons. The van der Waals surface area contributed by atoms with Gasteiger partial charge in [-0.1, -0.05) is 41.5 Å². The maximum atomic E-state index is 13.0. The summed E-state index contributed by atoms with van der Waals surface area (Å²) in [6, 6.07) is 6.47. The van der Waals surface area contributed by atoms with Crippen LogP contribution in [0.4, 0.5) is 4.79 Å². The van der Waals surface area contributed by atoms with Gasteiger partial charge in [0.25, 0.3) is 0 Å². The highest BCUT2D eigenvalue weighted by Gasteiger charge is 2.70. The second-order valence-corrected chi connectivity index (χ2v) is 10.8. The summed E-state index contributed by atoms with van der Waals surface area (Å²) in [4.78, 5) is 25.5. The predicted octanol–water partition coefficient (Wildman–Crippen LogP) is 5.02. The fraction of sp³-hybridized carbons (Fsp3) is 0.643. The van der Waals surface area contributed by atoms with Crippen LogP contribution in [0.5, 0.6) is 0 Å². The summed E-state index contributed by atoms with van der Waals surface area (Å²) in [5, 5.41) is 2.72. The van der Waals surface area contributed by atoms with Crippen LogP contribution in [0.25, 0.3) is 0 Å². The minimum absolute atomic E-state index is 0.148. The number of aryl methyl sites for hydroxylation is 1. The van der Waals surface area contributed by atoms with E-state index in [1.165, 1.54) is 12.7 Å². The Labute approximate surface area is 208 Å². The van der Waals surface area contributed by atoms with E-state index in [0.717, 1.165) is 37.7 Å². The number of hydrogen-bond acceptors (Lipinski definition) is 6. The summed E-state index contributed by atoms with van der Waals surface area (Å²) in [7, 11) is 3.00. The topological polar surface area (TPSA) is 86.4 Å². The van der Waals surface area contributed by atoms with Gasteiger partial charge in [0.2, 0.25) is 0 Å². The number of amides is 1. The summed E-state index contributed by atoms with van der Waals surface area (Å²) in [5.74, 6) is -0.398. The maximum Gasteiger partial charge on any atom is 0.408 e. The van der Waals surface area contributed by atoms with Crippen molar-refractivity contribution in [2.24, 2.45) is 11.3 Å². The van der Waals surface area contributed by atoms with Crippen LogP contribution in [0.1, 0.15) is 70.0 Å². The highest BCUT2D eigenvalue weighted by Crippen LogP contribution is 2.67. The molecule has 0 aromatic heterocycles. The zero-order valence-corrected chi connectivity index (χ0v) is 21.8. The third kappa shape index (κ3) is 5.26. The molecule has 3 aliphatic rings. The number of nitrogens with one attached hydrogen (secondary N) is 1. The summed E-state index contributed by atoms with van der Waals surface area (Å²) < 4.78 is 23.2. The van der Waals surface area contributed by atoms with Gasteiger partial charge in [0, 0.05) is 13.0 Å². The van der Waals surface area contributed by atoms with Gasteiger partial charge >= 0.3 is 12.1 Å². The lowest BCUT2D eigenvalue weighted by atomic mass is 9.66. The maximum absolute atomic E-state index is 13.0. The number of esters is 1. The molecule has 2 saturated carbocycles. The summed E-state index contributed by atoms with van der Waals surface area (Å²) in [6.07, 6.45) is 5.92. The van der Waals surface area contributed by atoms with Crippen molar-refractivity contribution in [3.63, 3.8) is 0 Å². The Morgan fingerprint density at radius 3 is 2.57 bits per heavy atom. The van der Waals surface area contributed by atoms with Crippen molar-refractivity contribution in [1.29, 1.82) is 0 Å². The second-order valence-electron chi connectivity index (χ2n) is 10.8. The van der Waals surface area contributed by atoms with Crippen molar-refractivity contribution in [2.75, 3.05) is 14.2 Å². The lowest BCUT2D eigenvalue weighted by molar-refractivity contribution is -0.143. The van der Waals surface area contributed by atoms with Crippen LogP contribution in [0.15, 0.2) is 35.9 Å². The molecule has 1 aromatic rings. The first-order valence-corrected chi connectivity index (χ1v) is 12.6. The smallest absolute Gasteiger partial charge is 0.408 e. The molecule has 2 aliphatic carbocycles. The number of carbonyl (C=O) groups excluding carboxylic acids is 2. The zero-order chi connectivity index (χ0) is 25.4. The van der Waals surface area contributed by atoms with Crippen LogP contribution in [-0.2, 0) is 23.7 Å². The van der Waals surface area contributed by atoms with Crippen molar-refractivity contribution in [1.82, 2.24) is 5.32 Å². The van der Waals surface area contributed by atoms with E-state index in [-0.39, 0.29) is 29.1 Å². The Hall–Kier alpha value is -2.38. The third-order valence-corrected chi connectivity index (χ3v) is 8.11. The lowest BCUT2D eigenvalue weighted by Crippen LogP contribution is -2.53. The SMILES string of the molecule is COC(=O)[C@H](NC(=O)O[C@@H]1CCC2(CC2)[C@@H]([C@@]2(C)O[C@@H]2CC=C(C)C)[C@@H]1OC)c1cccc(C)c1. The van der Waals surface area contributed by atoms with Gasteiger partial charge in [-0.2, -0.15) is 0 Å². The molecule has 1 aromatic carbocycles. The molecule has 0 bridgehead atoms. The Balaban J connectivity index is 1.48. The van der Waals surface area contributed by atoms with Crippen molar-refractivity contribution in [3.05, 3.63) is 47.0 Å². The van der Waals surface area contributed by atoms with Crippen LogP contribution in [0.3, 0.4) is 0 Å². The standard InChI is InChI=1S/C28H39NO6/c1-17(2)10-11-21-27(4,35-21)24-23(32-5)20(12-13-28(24)14-15-28)34-26(31)29-22(25(30)33-6)19-9-7-8-18(3)16-19/h7-10,16,20-24H,11-15H2,1-6H3,(H,29,31)/t20-,21-,22-,23-,24-,27+/m1/s1. The van der Waals surface area contributed by atoms with E-state index in [9.17, 15) is 9.59 Å². The van der Waals surface area contributed by atoms with Crippen molar-refractivity contribution in [3.8, 4) is 0 Å². The molecule has 1 saturated heterocycles. The predicted molar refractivity (Wildman–Crippen MR) is 132 cm³/mol. The molecule has 6 atom stereocenters. The number of ether oxygens (including phenoxy) is 4. The first kappa shape index (κ1) is 25.7. The monoisotopic (exact) mass is 485 g/mol. The van der Waals surface area contributed by atoms with Crippen LogP contribution >= 0.6 is 0 Å². The molecule has 0 radical (unpaired) electrons. The van der Waals surface area contributed by atoms with E-state index in [1.807, 2.05) is 25.1 Å². The van der Waals surface area contributed by atoms with Gasteiger partial charge in [-0.15, -0.1) is 0 Å². The molecule has 4 rings (SSSR count). The Morgan fingerprint density at radius 1 is 1.23 bits per heavy atom. The van der Waals surface area contributed by atoms with Gasteiger partial charge in [-0.3, -0.25) is 0 Å². The molecular formula is C28H39NO6. The van der Waals surface area contributed by atoms with Crippen LogP contribution in [0.2, 0.25) is 0 Å². The normalized spacial score (nSPS) is 31.3. The van der Waals surface area contributed by atoms with Gasteiger partial charge in [0.1, 0.15) is 12.2 Å². The first-order valence-electron chi connectivity index (χ1n) is 12.6. The summed E-state index contributed by atoms with van der Waals surface area (Å²) in [6.45, 7) is 8.31. The molecular weight excluding hydrogens is 446 g/mol. The number of alkyl carbamates (subject to hydrolysis) is 1. The average Bonchev–Trinajstić information content (AvgIpc) is 3.73. The molecule has 1 N–H and O–H groups in total. The van der Waals surface area contributed by atoms with Crippen molar-refractivity contribution < 1.29 is 28.5 Å². The fourth-order valence-electron chi connectivity index (χ4n) is 6.09. The Bertz CT molecular complexity index is 981. The number of rotatable bonds is 8. The van der Waals surface area contributed by atoms with Gasteiger partial charge in [0.15, 0.2) is 6.04 Å². The van der Waals surface area contributed by atoms with E-state index in [4.69, 9.17) is 18.9 Å². The Kier molecular flexibility index (Phi) is 7.30. The first-order chi connectivity index (χ1) is 16.6. The lowest BCUT2D eigenvalue weighted by Gasteiger charge is -2.44. The van der Waals surface area contributed by atoms with E-state index in [1.54, 1.807) is 13.2 Å². The van der Waals surface area contributed by atoms with E-state index in [0.29, 0.717) is 5.56 Å². The molecule has 1 spiro atoms. The van der Waals surface area contributed by atoms with E-state index in [2.05, 4.69) is 32.2 Å². The average molecular weight is 486 g/mol. The number of benzene rings is 1. The molecule has 3 fully saturated rings. The van der Waals surface area contributed by atoms with Crippen LogP contribution in [0, 0.1) is 18.3 Å².